The van der Waals surface area contributed by atoms with Gasteiger partial charge in [0, 0.05) is 19.3 Å². The summed E-state index contributed by atoms with van der Waals surface area (Å²) in [7, 11) is 2.17. The van der Waals surface area contributed by atoms with E-state index < -0.39 is 0 Å². The zero-order valence-electron chi connectivity index (χ0n) is 13.8. The number of unbranched alkanes of at least 4 members (excludes halogenated alkanes) is 5. The molecule has 0 amide bonds. The van der Waals surface area contributed by atoms with Crippen molar-refractivity contribution in [3.63, 3.8) is 0 Å². The van der Waals surface area contributed by atoms with Gasteiger partial charge in [0.15, 0.2) is 0 Å². The van der Waals surface area contributed by atoms with E-state index in [9.17, 15) is 0 Å². The second-order valence-corrected chi connectivity index (χ2v) is 6.30. The zero-order valence-corrected chi connectivity index (χ0v) is 13.8. The van der Waals surface area contributed by atoms with Crippen LogP contribution in [-0.4, -0.2) is 18.6 Å². The molecule has 2 heteroatoms. The first-order chi connectivity index (χ1) is 9.65. The molecule has 0 N–H and O–H groups in total. The summed E-state index contributed by atoms with van der Waals surface area (Å²) in [5, 5.41) is 0. The van der Waals surface area contributed by atoms with Crippen LogP contribution in [0.15, 0.2) is 0 Å². The highest BCUT2D eigenvalue weighted by molar-refractivity contribution is 5.57. The fourth-order valence-corrected chi connectivity index (χ4v) is 3.21. The van der Waals surface area contributed by atoms with E-state index >= 15 is 0 Å². The Morgan fingerprint density at radius 3 is 2.45 bits per heavy atom. The Morgan fingerprint density at radius 1 is 1.00 bits per heavy atom. The predicted octanol–water partition coefficient (Wildman–Crippen LogP) is 4.59. The van der Waals surface area contributed by atoms with Gasteiger partial charge in [0.25, 0.3) is 0 Å². The van der Waals surface area contributed by atoms with Crippen LogP contribution in [0, 0.1) is 13.8 Å². The molecule has 2 nitrogen and oxygen atoms in total. The maximum absolute atomic E-state index is 4.95. The maximum atomic E-state index is 4.95. The van der Waals surface area contributed by atoms with Crippen molar-refractivity contribution >= 4 is 5.82 Å². The van der Waals surface area contributed by atoms with E-state index in [1.807, 2.05) is 0 Å². The standard InChI is InChI=1S/C18H30N2/c1-5-6-7-8-9-10-11-17-15(3)14(2)16-12-13-20(4)18(16)19-17/h5-13H2,1-4H3. The van der Waals surface area contributed by atoms with Crippen molar-refractivity contribution in [3.05, 3.63) is 22.4 Å². The molecule has 0 saturated heterocycles. The number of fused-ring (bicyclic) bond motifs is 1. The number of rotatable bonds is 7. The van der Waals surface area contributed by atoms with Gasteiger partial charge in [0.05, 0.1) is 0 Å². The van der Waals surface area contributed by atoms with Crippen molar-refractivity contribution in [2.45, 2.75) is 72.1 Å². The normalized spacial score (nSPS) is 13.9. The third-order valence-electron chi connectivity index (χ3n) is 4.78. The van der Waals surface area contributed by atoms with Gasteiger partial charge >= 0.3 is 0 Å². The Morgan fingerprint density at radius 2 is 1.70 bits per heavy atom. The molecule has 0 spiro atoms. The number of aryl methyl sites for hydroxylation is 1. The molecular formula is C18H30N2. The van der Waals surface area contributed by atoms with Crippen LogP contribution in [0.25, 0.3) is 0 Å². The molecule has 0 aromatic carbocycles. The lowest BCUT2D eigenvalue weighted by atomic mass is 9.99. The summed E-state index contributed by atoms with van der Waals surface area (Å²) < 4.78 is 0. The van der Waals surface area contributed by atoms with E-state index in [0.29, 0.717) is 0 Å². The van der Waals surface area contributed by atoms with E-state index in [1.165, 1.54) is 73.1 Å². The quantitative estimate of drug-likeness (QED) is 0.676. The van der Waals surface area contributed by atoms with Gasteiger partial charge in [-0.15, -0.1) is 0 Å². The Bertz CT molecular complexity index is 451. The van der Waals surface area contributed by atoms with Crippen molar-refractivity contribution in [1.82, 2.24) is 4.98 Å². The molecule has 0 atom stereocenters. The van der Waals surface area contributed by atoms with Crippen LogP contribution in [0.3, 0.4) is 0 Å². The van der Waals surface area contributed by atoms with Crippen molar-refractivity contribution in [2.24, 2.45) is 0 Å². The molecule has 1 aliphatic rings. The van der Waals surface area contributed by atoms with Crippen LogP contribution in [0.2, 0.25) is 0 Å². The second kappa shape index (κ2) is 7.10. The number of hydrogen-bond donors (Lipinski definition) is 0. The third-order valence-corrected chi connectivity index (χ3v) is 4.78. The van der Waals surface area contributed by atoms with Crippen molar-refractivity contribution in [3.8, 4) is 0 Å². The Kier molecular flexibility index (Phi) is 5.45. The Labute approximate surface area is 124 Å². The van der Waals surface area contributed by atoms with E-state index in [2.05, 4.69) is 32.7 Å². The average Bonchev–Trinajstić information content (AvgIpc) is 2.81. The highest BCUT2D eigenvalue weighted by Gasteiger charge is 2.22. The number of aromatic nitrogens is 1. The second-order valence-electron chi connectivity index (χ2n) is 6.30. The molecule has 1 aromatic heterocycles. The summed E-state index contributed by atoms with van der Waals surface area (Å²) in [5.41, 5.74) is 5.75. The van der Waals surface area contributed by atoms with Gasteiger partial charge in [-0.2, -0.15) is 0 Å². The Hall–Kier alpha value is -1.05. The van der Waals surface area contributed by atoms with E-state index in [1.54, 1.807) is 0 Å². The fourth-order valence-electron chi connectivity index (χ4n) is 3.21. The average molecular weight is 274 g/mol. The van der Waals surface area contributed by atoms with Crippen molar-refractivity contribution < 1.29 is 0 Å². The van der Waals surface area contributed by atoms with E-state index in [0.717, 1.165) is 13.0 Å². The van der Waals surface area contributed by atoms with Crippen molar-refractivity contribution in [2.75, 3.05) is 18.5 Å². The molecule has 2 heterocycles. The van der Waals surface area contributed by atoms with Gasteiger partial charge < -0.3 is 4.90 Å². The minimum atomic E-state index is 1.13. The fraction of sp³-hybridized carbons (Fsp3) is 0.722. The SMILES string of the molecule is CCCCCCCCc1nc2c(c(C)c1C)CCN2C. The largest absolute Gasteiger partial charge is 0.359 e. The first kappa shape index (κ1) is 15.3. The lowest BCUT2D eigenvalue weighted by Crippen LogP contribution is -2.14. The van der Waals surface area contributed by atoms with Crippen LogP contribution in [0.1, 0.15) is 67.8 Å². The molecule has 112 valence electrons. The Balaban J connectivity index is 1.95. The van der Waals surface area contributed by atoms with E-state index in [4.69, 9.17) is 4.98 Å². The summed E-state index contributed by atoms with van der Waals surface area (Å²) >= 11 is 0. The molecule has 0 fully saturated rings. The molecule has 0 saturated carbocycles. The number of pyridine rings is 1. The van der Waals surface area contributed by atoms with Gasteiger partial charge in [-0.3, -0.25) is 0 Å². The van der Waals surface area contributed by atoms with Crippen LogP contribution in [0.4, 0.5) is 5.82 Å². The highest BCUT2D eigenvalue weighted by atomic mass is 15.2. The first-order valence-corrected chi connectivity index (χ1v) is 8.35. The van der Waals surface area contributed by atoms with Crippen LogP contribution >= 0.6 is 0 Å². The molecule has 2 rings (SSSR count). The third kappa shape index (κ3) is 3.34. The van der Waals surface area contributed by atoms with Gasteiger partial charge in [-0.05, 0) is 49.8 Å². The number of likely N-dealkylation sites (N-methyl/N-ethyl adjacent to an activating group) is 1. The summed E-state index contributed by atoms with van der Waals surface area (Å²) in [5.74, 6) is 1.24. The van der Waals surface area contributed by atoms with Gasteiger partial charge in [0.1, 0.15) is 5.82 Å². The topological polar surface area (TPSA) is 16.1 Å². The number of anilines is 1. The molecule has 0 unspecified atom stereocenters. The molecule has 20 heavy (non-hydrogen) atoms. The molecule has 0 radical (unpaired) electrons. The lowest BCUT2D eigenvalue weighted by molar-refractivity contribution is 0.604. The summed E-state index contributed by atoms with van der Waals surface area (Å²) in [6, 6.07) is 0. The molecule has 0 bridgehead atoms. The summed E-state index contributed by atoms with van der Waals surface area (Å²) in [4.78, 5) is 7.27. The highest BCUT2D eigenvalue weighted by Crippen LogP contribution is 2.31. The summed E-state index contributed by atoms with van der Waals surface area (Å²) in [6.07, 6.45) is 10.5. The minimum absolute atomic E-state index is 1.13. The van der Waals surface area contributed by atoms with Gasteiger partial charge in [-0.1, -0.05) is 39.0 Å². The zero-order chi connectivity index (χ0) is 14.5. The molecule has 1 aromatic rings. The van der Waals surface area contributed by atoms with Gasteiger partial charge in [0.2, 0.25) is 0 Å². The van der Waals surface area contributed by atoms with Crippen LogP contribution < -0.4 is 4.90 Å². The van der Waals surface area contributed by atoms with Crippen molar-refractivity contribution in [1.29, 1.82) is 0 Å². The number of hydrogen-bond acceptors (Lipinski definition) is 2. The molecule has 1 aliphatic heterocycles. The predicted molar refractivity (Wildman–Crippen MR) is 87.8 cm³/mol. The summed E-state index contributed by atoms with van der Waals surface area (Å²) in [6.45, 7) is 7.94. The molecular weight excluding hydrogens is 244 g/mol. The van der Waals surface area contributed by atoms with Crippen LogP contribution in [-0.2, 0) is 12.8 Å². The maximum Gasteiger partial charge on any atom is 0.132 e. The van der Waals surface area contributed by atoms with Gasteiger partial charge in [-0.25, -0.2) is 4.98 Å². The molecule has 0 aliphatic carbocycles. The minimum Gasteiger partial charge on any atom is -0.359 e. The lowest BCUT2D eigenvalue weighted by Gasteiger charge is -2.16. The van der Waals surface area contributed by atoms with Crippen LogP contribution in [0.5, 0.6) is 0 Å². The first-order valence-electron chi connectivity index (χ1n) is 8.35. The van der Waals surface area contributed by atoms with E-state index in [-0.39, 0.29) is 0 Å². The smallest absolute Gasteiger partial charge is 0.132 e. The monoisotopic (exact) mass is 274 g/mol. The number of nitrogens with zero attached hydrogens (tertiary/aromatic N) is 2.